The maximum atomic E-state index is 11.6. The molecule has 1 saturated heterocycles. The van der Waals surface area contributed by atoms with Crippen molar-refractivity contribution in [3.8, 4) is 0 Å². The summed E-state index contributed by atoms with van der Waals surface area (Å²) in [6.45, 7) is 4.39. The summed E-state index contributed by atoms with van der Waals surface area (Å²) in [5.74, 6) is -0.334. The number of carbonyl (C=O) groups is 1. The van der Waals surface area contributed by atoms with Gasteiger partial charge in [-0.2, -0.15) is 0 Å². The smallest absolute Gasteiger partial charge is 0.357 e. The number of likely N-dealkylation sites (tertiary alicyclic amines) is 1. The second-order valence-electron chi connectivity index (χ2n) is 4.90. The lowest BCUT2D eigenvalue weighted by Crippen LogP contribution is -2.45. The van der Waals surface area contributed by atoms with Gasteiger partial charge in [-0.05, 0) is 33.4 Å². The Morgan fingerprint density at radius 1 is 1.68 bits per heavy atom. The van der Waals surface area contributed by atoms with Crippen molar-refractivity contribution in [1.82, 2.24) is 9.88 Å². The van der Waals surface area contributed by atoms with Crippen molar-refractivity contribution in [3.63, 3.8) is 0 Å². The fourth-order valence-electron chi connectivity index (χ4n) is 2.34. The first-order valence-electron chi connectivity index (χ1n) is 6.65. The highest BCUT2D eigenvalue weighted by atomic mass is 32.1. The number of hydrogen-bond acceptors (Lipinski definition) is 6. The van der Waals surface area contributed by atoms with Crippen molar-refractivity contribution in [2.75, 3.05) is 38.7 Å². The molecule has 0 spiro atoms. The van der Waals surface area contributed by atoms with Gasteiger partial charge in [0.15, 0.2) is 10.8 Å². The van der Waals surface area contributed by atoms with Crippen LogP contribution < -0.4 is 4.90 Å². The van der Waals surface area contributed by atoms with Gasteiger partial charge >= 0.3 is 5.97 Å². The highest BCUT2D eigenvalue weighted by Gasteiger charge is 2.23. The maximum Gasteiger partial charge on any atom is 0.357 e. The van der Waals surface area contributed by atoms with E-state index in [9.17, 15) is 4.79 Å². The highest BCUT2D eigenvalue weighted by molar-refractivity contribution is 7.13. The standard InChI is InChI=1S/C13H21N3O2S/c1-4-18-12(17)11-9-19-13(14-11)16(3)10-6-5-7-15(2)8-10/h9-10H,4-8H2,1-3H3. The molecule has 5 nitrogen and oxygen atoms in total. The van der Waals surface area contributed by atoms with Gasteiger partial charge in [-0.15, -0.1) is 11.3 Å². The van der Waals surface area contributed by atoms with Crippen LogP contribution in [0.2, 0.25) is 0 Å². The molecule has 0 saturated carbocycles. The molecular formula is C13H21N3O2S. The zero-order valence-electron chi connectivity index (χ0n) is 11.8. The second-order valence-corrected chi connectivity index (χ2v) is 5.74. The number of piperidine rings is 1. The Morgan fingerprint density at radius 3 is 3.16 bits per heavy atom. The molecule has 1 aromatic rings. The lowest BCUT2D eigenvalue weighted by molar-refractivity contribution is 0.0520. The average molecular weight is 283 g/mol. The summed E-state index contributed by atoms with van der Waals surface area (Å²) < 4.78 is 4.96. The van der Waals surface area contributed by atoms with Crippen LogP contribution in [0.25, 0.3) is 0 Å². The SMILES string of the molecule is CCOC(=O)c1csc(N(C)C2CCCN(C)C2)n1. The van der Waals surface area contributed by atoms with Gasteiger partial charge in [-0.3, -0.25) is 0 Å². The van der Waals surface area contributed by atoms with Crippen LogP contribution in [0.1, 0.15) is 30.3 Å². The van der Waals surface area contributed by atoms with Crippen molar-refractivity contribution in [2.45, 2.75) is 25.8 Å². The second kappa shape index (κ2) is 6.34. The molecule has 0 radical (unpaired) electrons. The van der Waals surface area contributed by atoms with Crippen LogP contribution in [0.4, 0.5) is 5.13 Å². The Kier molecular flexibility index (Phi) is 4.76. The van der Waals surface area contributed by atoms with E-state index in [1.54, 1.807) is 12.3 Å². The Hall–Kier alpha value is -1.14. The molecule has 0 N–H and O–H groups in total. The number of likely N-dealkylation sites (N-methyl/N-ethyl adjacent to an activating group) is 2. The molecule has 106 valence electrons. The van der Waals surface area contributed by atoms with Crippen molar-refractivity contribution < 1.29 is 9.53 Å². The molecular weight excluding hydrogens is 262 g/mol. The number of carbonyl (C=O) groups excluding carboxylic acids is 1. The quantitative estimate of drug-likeness (QED) is 0.789. The van der Waals surface area contributed by atoms with Gasteiger partial charge in [-0.25, -0.2) is 9.78 Å². The van der Waals surface area contributed by atoms with Crippen LogP contribution in [0.5, 0.6) is 0 Å². The third-order valence-corrected chi connectivity index (χ3v) is 4.36. The van der Waals surface area contributed by atoms with Crippen LogP contribution in [-0.4, -0.2) is 55.7 Å². The van der Waals surface area contributed by atoms with Gasteiger partial charge in [0.05, 0.1) is 6.61 Å². The van der Waals surface area contributed by atoms with E-state index in [4.69, 9.17) is 4.74 Å². The Balaban J connectivity index is 2.03. The van der Waals surface area contributed by atoms with Crippen molar-refractivity contribution in [2.24, 2.45) is 0 Å². The normalized spacial score (nSPS) is 20.3. The van der Waals surface area contributed by atoms with E-state index >= 15 is 0 Å². The fourth-order valence-corrected chi connectivity index (χ4v) is 3.17. The Bertz CT molecular complexity index is 435. The number of ether oxygens (including phenoxy) is 1. The van der Waals surface area contributed by atoms with E-state index in [0.29, 0.717) is 18.3 Å². The summed E-state index contributed by atoms with van der Waals surface area (Å²) in [5.41, 5.74) is 0.415. The van der Waals surface area contributed by atoms with E-state index in [-0.39, 0.29) is 5.97 Å². The lowest BCUT2D eigenvalue weighted by atomic mass is 10.1. The van der Waals surface area contributed by atoms with E-state index in [2.05, 4.69) is 28.9 Å². The molecule has 1 unspecified atom stereocenters. The predicted octanol–water partition coefficient (Wildman–Crippen LogP) is 1.85. The van der Waals surface area contributed by atoms with Crippen molar-refractivity contribution in [1.29, 1.82) is 0 Å². The first kappa shape index (κ1) is 14.3. The van der Waals surface area contributed by atoms with E-state index in [1.165, 1.54) is 24.2 Å². The summed E-state index contributed by atoms with van der Waals surface area (Å²) in [4.78, 5) is 20.5. The summed E-state index contributed by atoms with van der Waals surface area (Å²) in [6.07, 6.45) is 2.39. The molecule has 1 aromatic heterocycles. The number of aromatic nitrogens is 1. The lowest BCUT2D eigenvalue weighted by Gasteiger charge is -2.35. The number of hydrogen-bond donors (Lipinski definition) is 0. The minimum absolute atomic E-state index is 0.334. The first-order chi connectivity index (χ1) is 9.11. The average Bonchev–Trinajstić information content (AvgIpc) is 2.88. The van der Waals surface area contributed by atoms with Gasteiger partial charge in [0.2, 0.25) is 0 Å². The zero-order valence-corrected chi connectivity index (χ0v) is 12.6. The van der Waals surface area contributed by atoms with Crippen LogP contribution in [0.15, 0.2) is 5.38 Å². The number of nitrogens with zero attached hydrogens (tertiary/aromatic N) is 3. The number of anilines is 1. The van der Waals surface area contributed by atoms with Gasteiger partial charge in [0, 0.05) is 25.0 Å². The topological polar surface area (TPSA) is 45.7 Å². The van der Waals surface area contributed by atoms with Gasteiger partial charge < -0.3 is 14.5 Å². The predicted molar refractivity (Wildman–Crippen MR) is 77.0 cm³/mol. The monoisotopic (exact) mass is 283 g/mol. The highest BCUT2D eigenvalue weighted by Crippen LogP contribution is 2.24. The van der Waals surface area contributed by atoms with Crippen LogP contribution in [0.3, 0.4) is 0 Å². The van der Waals surface area contributed by atoms with E-state index < -0.39 is 0 Å². The molecule has 19 heavy (non-hydrogen) atoms. The molecule has 6 heteroatoms. The number of thiazole rings is 1. The summed E-state index contributed by atoms with van der Waals surface area (Å²) in [6, 6.07) is 0.472. The molecule has 1 aliphatic heterocycles. The maximum absolute atomic E-state index is 11.6. The first-order valence-corrected chi connectivity index (χ1v) is 7.53. The molecule has 2 heterocycles. The zero-order chi connectivity index (χ0) is 13.8. The van der Waals surface area contributed by atoms with Crippen molar-refractivity contribution in [3.05, 3.63) is 11.1 Å². The minimum atomic E-state index is -0.334. The van der Waals surface area contributed by atoms with Crippen LogP contribution in [0, 0.1) is 0 Å². The third-order valence-electron chi connectivity index (χ3n) is 3.43. The van der Waals surface area contributed by atoms with E-state index in [1.807, 2.05) is 0 Å². The van der Waals surface area contributed by atoms with Gasteiger partial charge in [0.1, 0.15) is 0 Å². The summed E-state index contributed by atoms with van der Waals surface area (Å²) in [5, 5.41) is 2.67. The molecule has 0 aliphatic carbocycles. The molecule has 2 rings (SSSR count). The Morgan fingerprint density at radius 2 is 2.47 bits per heavy atom. The van der Waals surface area contributed by atoms with Crippen LogP contribution in [-0.2, 0) is 4.74 Å². The largest absolute Gasteiger partial charge is 0.461 e. The number of esters is 1. The summed E-state index contributed by atoms with van der Waals surface area (Å²) >= 11 is 1.50. The summed E-state index contributed by atoms with van der Waals surface area (Å²) in [7, 11) is 4.20. The minimum Gasteiger partial charge on any atom is -0.461 e. The fraction of sp³-hybridized carbons (Fsp3) is 0.692. The molecule has 0 amide bonds. The molecule has 1 aliphatic rings. The van der Waals surface area contributed by atoms with Crippen LogP contribution >= 0.6 is 11.3 Å². The molecule has 1 fully saturated rings. The molecule has 1 atom stereocenters. The van der Waals surface area contributed by atoms with Gasteiger partial charge in [-0.1, -0.05) is 0 Å². The molecule has 0 bridgehead atoms. The Labute approximate surface area is 118 Å². The third kappa shape index (κ3) is 3.45. The van der Waals surface area contributed by atoms with E-state index in [0.717, 1.165) is 18.2 Å². The van der Waals surface area contributed by atoms with Gasteiger partial charge in [0.25, 0.3) is 0 Å². The molecule has 0 aromatic carbocycles. The van der Waals surface area contributed by atoms with Crippen molar-refractivity contribution >= 4 is 22.4 Å². The number of rotatable bonds is 4.